The molecule has 0 bridgehead atoms. The maximum atomic E-state index is 2.20. The third-order valence-corrected chi connectivity index (χ3v) is 2.46. The first-order valence-electron chi connectivity index (χ1n) is 3.89. The summed E-state index contributed by atoms with van der Waals surface area (Å²) in [6.45, 7) is 2.10. The number of thioether (sulfide) groups is 1. The summed E-state index contributed by atoms with van der Waals surface area (Å²) in [5.41, 5.74) is 0. The van der Waals surface area contributed by atoms with Gasteiger partial charge in [0.25, 0.3) is 0 Å². The van der Waals surface area contributed by atoms with Crippen molar-refractivity contribution in [3.8, 4) is 0 Å². The van der Waals surface area contributed by atoms with E-state index in [1.807, 2.05) is 11.8 Å². The van der Waals surface area contributed by atoms with Crippen molar-refractivity contribution < 1.29 is 0 Å². The molecular formula is C10H13S. The smallest absolute Gasteiger partial charge is 0.00719 e. The Morgan fingerprint density at radius 1 is 1.27 bits per heavy atom. The highest BCUT2D eigenvalue weighted by atomic mass is 32.2. The molecule has 0 unspecified atom stereocenters. The van der Waals surface area contributed by atoms with Crippen LogP contribution in [0.1, 0.15) is 13.3 Å². The van der Waals surface area contributed by atoms with E-state index in [1.54, 1.807) is 0 Å². The monoisotopic (exact) mass is 165 g/mol. The Hall–Kier alpha value is -0.430. The Morgan fingerprint density at radius 3 is 2.64 bits per heavy atom. The summed E-state index contributed by atoms with van der Waals surface area (Å²) < 4.78 is 0. The fourth-order valence-electron chi connectivity index (χ4n) is 0.811. The van der Waals surface area contributed by atoms with Gasteiger partial charge in [0.15, 0.2) is 0 Å². The van der Waals surface area contributed by atoms with Gasteiger partial charge in [0, 0.05) is 4.90 Å². The van der Waals surface area contributed by atoms with Crippen molar-refractivity contribution in [1.82, 2.24) is 0 Å². The second-order valence-corrected chi connectivity index (χ2v) is 3.53. The van der Waals surface area contributed by atoms with E-state index in [0.717, 1.165) is 0 Å². The van der Waals surface area contributed by atoms with Gasteiger partial charge in [-0.3, -0.25) is 0 Å². The van der Waals surface area contributed by atoms with Crippen LogP contribution in [0, 0.1) is 6.42 Å². The second-order valence-electron chi connectivity index (χ2n) is 2.36. The molecule has 0 aliphatic rings. The van der Waals surface area contributed by atoms with Crippen LogP contribution >= 0.6 is 11.8 Å². The first-order chi connectivity index (χ1) is 5.43. The lowest BCUT2D eigenvalue weighted by molar-refractivity contribution is 1.11. The summed E-state index contributed by atoms with van der Waals surface area (Å²) >= 11 is 1.91. The van der Waals surface area contributed by atoms with Gasteiger partial charge >= 0.3 is 0 Å². The van der Waals surface area contributed by atoms with E-state index in [9.17, 15) is 0 Å². The summed E-state index contributed by atoms with van der Waals surface area (Å²) in [7, 11) is 0. The Bertz CT molecular complexity index is 181. The molecule has 0 saturated carbocycles. The van der Waals surface area contributed by atoms with Gasteiger partial charge in [0.2, 0.25) is 0 Å². The van der Waals surface area contributed by atoms with Crippen molar-refractivity contribution in [3.05, 3.63) is 36.8 Å². The lowest BCUT2D eigenvalue weighted by Crippen LogP contribution is -1.77. The van der Waals surface area contributed by atoms with Gasteiger partial charge in [-0.2, -0.15) is 0 Å². The Balaban J connectivity index is 2.28. The van der Waals surface area contributed by atoms with Crippen LogP contribution in [0.5, 0.6) is 0 Å². The molecule has 0 aliphatic carbocycles. The molecule has 0 aromatic heterocycles. The van der Waals surface area contributed by atoms with E-state index in [4.69, 9.17) is 0 Å². The zero-order valence-electron chi connectivity index (χ0n) is 6.79. The minimum absolute atomic E-state index is 1.19. The molecule has 1 aromatic carbocycles. The zero-order valence-corrected chi connectivity index (χ0v) is 7.60. The Labute approximate surface area is 73.0 Å². The lowest BCUT2D eigenvalue weighted by atomic mass is 10.4. The SMILES string of the molecule is C[CH]CCSc1ccccc1. The minimum Gasteiger partial charge on any atom is -0.126 e. The van der Waals surface area contributed by atoms with Crippen LogP contribution in [-0.4, -0.2) is 5.75 Å². The highest BCUT2D eigenvalue weighted by Gasteiger charge is 1.89. The van der Waals surface area contributed by atoms with Gasteiger partial charge in [-0.15, -0.1) is 11.8 Å². The first kappa shape index (κ1) is 8.66. The van der Waals surface area contributed by atoms with Crippen molar-refractivity contribution >= 4 is 11.8 Å². The van der Waals surface area contributed by atoms with Crippen LogP contribution in [0.25, 0.3) is 0 Å². The number of benzene rings is 1. The van der Waals surface area contributed by atoms with Gasteiger partial charge < -0.3 is 0 Å². The van der Waals surface area contributed by atoms with E-state index in [0.29, 0.717) is 0 Å². The molecule has 0 N–H and O–H groups in total. The fourth-order valence-corrected chi connectivity index (χ4v) is 1.75. The minimum atomic E-state index is 1.19. The predicted molar refractivity (Wildman–Crippen MR) is 51.8 cm³/mol. The van der Waals surface area contributed by atoms with Gasteiger partial charge in [0.1, 0.15) is 0 Å². The standard InChI is InChI=1S/C10H13S/c1-2-3-9-11-10-7-5-4-6-8-10/h2,4-8H,3,9H2,1H3. The highest BCUT2D eigenvalue weighted by molar-refractivity contribution is 7.99. The lowest BCUT2D eigenvalue weighted by Gasteiger charge is -1.97. The van der Waals surface area contributed by atoms with E-state index >= 15 is 0 Å². The summed E-state index contributed by atoms with van der Waals surface area (Å²) in [5, 5.41) is 0. The number of rotatable bonds is 4. The molecule has 0 fully saturated rings. The fraction of sp³-hybridized carbons (Fsp3) is 0.300. The van der Waals surface area contributed by atoms with Crippen molar-refractivity contribution in [2.24, 2.45) is 0 Å². The summed E-state index contributed by atoms with van der Waals surface area (Å²) in [5.74, 6) is 1.19. The largest absolute Gasteiger partial charge is 0.126 e. The number of unbranched alkanes of at least 4 members (excludes halogenated alkanes) is 1. The quantitative estimate of drug-likeness (QED) is 0.487. The van der Waals surface area contributed by atoms with Crippen LogP contribution in [0.3, 0.4) is 0 Å². The molecule has 0 atom stereocenters. The molecule has 1 aromatic rings. The van der Waals surface area contributed by atoms with Gasteiger partial charge in [-0.25, -0.2) is 0 Å². The maximum Gasteiger partial charge on any atom is 0.00719 e. The first-order valence-corrected chi connectivity index (χ1v) is 4.87. The normalized spacial score (nSPS) is 9.91. The number of hydrogen-bond acceptors (Lipinski definition) is 1. The molecule has 1 heteroatoms. The Morgan fingerprint density at radius 2 is 2.00 bits per heavy atom. The third kappa shape index (κ3) is 3.47. The van der Waals surface area contributed by atoms with Crippen LogP contribution in [0.15, 0.2) is 35.2 Å². The number of hydrogen-bond donors (Lipinski definition) is 0. The van der Waals surface area contributed by atoms with Gasteiger partial charge in [-0.1, -0.05) is 25.1 Å². The molecule has 0 aliphatic heterocycles. The van der Waals surface area contributed by atoms with E-state index in [2.05, 4.69) is 43.7 Å². The van der Waals surface area contributed by atoms with Gasteiger partial charge in [0.05, 0.1) is 0 Å². The summed E-state index contributed by atoms with van der Waals surface area (Å²) in [6, 6.07) is 10.5. The zero-order chi connectivity index (χ0) is 7.94. The average Bonchev–Trinajstić information content (AvgIpc) is 2.07. The molecule has 11 heavy (non-hydrogen) atoms. The molecular weight excluding hydrogens is 152 g/mol. The molecule has 0 nitrogen and oxygen atoms in total. The highest BCUT2D eigenvalue weighted by Crippen LogP contribution is 2.17. The molecule has 0 amide bonds. The van der Waals surface area contributed by atoms with Crippen LogP contribution in [0.2, 0.25) is 0 Å². The summed E-state index contributed by atoms with van der Waals surface area (Å²) in [6.07, 6.45) is 3.40. The van der Waals surface area contributed by atoms with E-state index in [1.165, 1.54) is 17.1 Å². The molecule has 1 radical (unpaired) electrons. The second kappa shape index (κ2) is 5.25. The summed E-state index contributed by atoms with van der Waals surface area (Å²) in [4.78, 5) is 1.37. The molecule has 0 spiro atoms. The van der Waals surface area contributed by atoms with Crippen molar-refractivity contribution in [2.75, 3.05) is 5.75 Å². The molecule has 0 saturated heterocycles. The predicted octanol–water partition coefficient (Wildman–Crippen LogP) is 3.39. The van der Waals surface area contributed by atoms with E-state index in [-0.39, 0.29) is 0 Å². The van der Waals surface area contributed by atoms with Crippen LogP contribution in [-0.2, 0) is 0 Å². The molecule has 1 rings (SSSR count). The average molecular weight is 165 g/mol. The maximum absolute atomic E-state index is 2.20. The van der Waals surface area contributed by atoms with Crippen LogP contribution in [0.4, 0.5) is 0 Å². The molecule has 0 heterocycles. The van der Waals surface area contributed by atoms with Crippen LogP contribution < -0.4 is 0 Å². The molecule has 59 valence electrons. The van der Waals surface area contributed by atoms with E-state index < -0.39 is 0 Å². The van der Waals surface area contributed by atoms with Crippen molar-refractivity contribution in [1.29, 1.82) is 0 Å². The third-order valence-electron chi connectivity index (χ3n) is 1.42. The topological polar surface area (TPSA) is 0 Å². The van der Waals surface area contributed by atoms with Gasteiger partial charge in [-0.05, 0) is 30.7 Å². The van der Waals surface area contributed by atoms with Crippen molar-refractivity contribution in [2.45, 2.75) is 18.2 Å². The van der Waals surface area contributed by atoms with Crippen molar-refractivity contribution in [3.63, 3.8) is 0 Å². The Kier molecular flexibility index (Phi) is 4.14.